The van der Waals surface area contributed by atoms with Gasteiger partial charge in [-0.2, -0.15) is 0 Å². The molecular formula is C14H15N3O4. The molecule has 0 bridgehead atoms. The Hall–Kier alpha value is -2.57. The van der Waals surface area contributed by atoms with Crippen LogP contribution in [0.2, 0.25) is 0 Å². The summed E-state index contributed by atoms with van der Waals surface area (Å²) >= 11 is 0. The van der Waals surface area contributed by atoms with Crippen LogP contribution in [0.1, 0.15) is 11.1 Å². The lowest BCUT2D eigenvalue weighted by atomic mass is 10.1. The lowest BCUT2D eigenvalue weighted by Gasteiger charge is -2.35. The zero-order chi connectivity index (χ0) is 15.0. The Morgan fingerprint density at radius 1 is 1.14 bits per heavy atom. The summed E-state index contributed by atoms with van der Waals surface area (Å²) in [4.78, 5) is 37.9. The van der Waals surface area contributed by atoms with Gasteiger partial charge in [0, 0.05) is 19.6 Å². The number of carboxylic acids is 1. The van der Waals surface area contributed by atoms with Crippen molar-refractivity contribution in [2.45, 2.75) is 19.1 Å². The molecule has 1 aromatic rings. The lowest BCUT2D eigenvalue weighted by molar-refractivity contribution is -0.144. The average Bonchev–Trinajstić information content (AvgIpc) is 2.89. The van der Waals surface area contributed by atoms with Gasteiger partial charge in [-0.1, -0.05) is 24.3 Å². The first-order valence-corrected chi connectivity index (χ1v) is 6.68. The van der Waals surface area contributed by atoms with Crippen LogP contribution < -0.4 is 5.32 Å². The van der Waals surface area contributed by atoms with E-state index >= 15 is 0 Å². The van der Waals surface area contributed by atoms with Crippen LogP contribution >= 0.6 is 0 Å². The van der Waals surface area contributed by atoms with Crippen LogP contribution in [0.3, 0.4) is 0 Å². The maximum absolute atomic E-state index is 12.5. The van der Waals surface area contributed by atoms with Gasteiger partial charge in [0.2, 0.25) is 5.91 Å². The van der Waals surface area contributed by atoms with E-state index in [9.17, 15) is 19.5 Å². The summed E-state index contributed by atoms with van der Waals surface area (Å²) in [6.07, 6.45) is 0. The molecule has 3 rings (SSSR count). The zero-order valence-corrected chi connectivity index (χ0v) is 11.3. The van der Waals surface area contributed by atoms with Crippen molar-refractivity contribution in [2.24, 2.45) is 0 Å². The van der Waals surface area contributed by atoms with E-state index in [2.05, 4.69) is 5.32 Å². The van der Waals surface area contributed by atoms with E-state index < -0.39 is 18.0 Å². The highest BCUT2D eigenvalue weighted by Crippen LogP contribution is 2.24. The molecule has 7 heteroatoms. The van der Waals surface area contributed by atoms with Gasteiger partial charge in [0.15, 0.2) is 0 Å². The Morgan fingerprint density at radius 2 is 1.76 bits per heavy atom. The van der Waals surface area contributed by atoms with Gasteiger partial charge >= 0.3 is 12.0 Å². The average molecular weight is 289 g/mol. The topological polar surface area (TPSA) is 90.0 Å². The molecule has 2 N–H and O–H groups in total. The summed E-state index contributed by atoms with van der Waals surface area (Å²) < 4.78 is 0. The summed E-state index contributed by atoms with van der Waals surface area (Å²) in [6.45, 7) is 0.613. The van der Waals surface area contributed by atoms with Crippen molar-refractivity contribution >= 4 is 17.9 Å². The number of piperazine rings is 1. The van der Waals surface area contributed by atoms with Crippen molar-refractivity contribution in [3.63, 3.8) is 0 Å². The third-order valence-corrected chi connectivity index (χ3v) is 3.82. The van der Waals surface area contributed by atoms with E-state index in [0.29, 0.717) is 13.1 Å². The number of rotatable bonds is 1. The lowest BCUT2D eigenvalue weighted by Crippen LogP contribution is -2.61. The second-order valence-corrected chi connectivity index (χ2v) is 5.19. The highest BCUT2D eigenvalue weighted by atomic mass is 16.4. The van der Waals surface area contributed by atoms with Crippen molar-refractivity contribution in [2.75, 3.05) is 13.1 Å². The maximum Gasteiger partial charge on any atom is 0.328 e. The van der Waals surface area contributed by atoms with Crippen LogP contribution in [0.4, 0.5) is 4.79 Å². The van der Waals surface area contributed by atoms with Crippen LogP contribution in [-0.4, -0.2) is 51.9 Å². The Morgan fingerprint density at radius 3 is 2.33 bits per heavy atom. The molecule has 0 aliphatic carbocycles. The first-order valence-electron chi connectivity index (χ1n) is 6.68. The number of carbonyl (C=O) groups is 3. The number of hydrogen-bond acceptors (Lipinski definition) is 3. The van der Waals surface area contributed by atoms with Crippen molar-refractivity contribution in [1.82, 2.24) is 15.1 Å². The fourth-order valence-corrected chi connectivity index (χ4v) is 2.71. The highest BCUT2D eigenvalue weighted by Gasteiger charge is 2.38. The number of nitrogens with one attached hydrogen (secondary N) is 1. The van der Waals surface area contributed by atoms with Crippen molar-refractivity contribution < 1.29 is 19.5 Å². The molecule has 0 radical (unpaired) electrons. The molecule has 110 valence electrons. The second-order valence-electron chi connectivity index (χ2n) is 5.19. The summed E-state index contributed by atoms with van der Waals surface area (Å²) in [6, 6.07) is 6.27. The molecule has 3 amide bonds. The summed E-state index contributed by atoms with van der Waals surface area (Å²) in [5.74, 6) is -1.45. The van der Waals surface area contributed by atoms with Crippen LogP contribution in [0, 0.1) is 0 Å². The van der Waals surface area contributed by atoms with Gasteiger partial charge in [-0.15, -0.1) is 0 Å². The minimum atomic E-state index is -1.11. The van der Waals surface area contributed by atoms with E-state index in [-0.39, 0.29) is 19.0 Å². The van der Waals surface area contributed by atoms with Gasteiger partial charge in [-0.25, -0.2) is 9.59 Å². The fourth-order valence-electron chi connectivity index (χ4n) is 2.71. The number of carboxylic acid groups (broad SMARTS) is 1. The number of hydrogen-bond donors (Lipinski definition) is 2. The summed E-state index contributed by atoms with van der Waals surface area (Å²) in [7, 11) is 0. The van der Waals surface area contributed by atoms with E-state index in [1.54, 1.807) is 4.90 Å². The minimum Gasteiger partial charge on any atom is -0.480 e. The predicted octanol–water partition coefficient (Wildman–Crippen LogP) is 0.00720. The molecule has 0 aromatic heterocycles. The van der Waals surface area contributed by atoms with Gasteiger partial charge < -0.3 is 15.3 Å². The number of amides is 3. The van der Waals surface area contributed by atoms with Crippen LogP contribution in [0.5, 0.6) is 0 Å². The molecule has 1 unspecified atom stereocenters. The third kappa shape index (κ3) is 2.42. The third-order valence-electron chi connectivity index (χ3n) is 3.82. The molecular weight excluding hydrogens is 274 g/mol. The fraction of sp³-hybridized carbons (Fsp3) is 0.357. The van der Waals surface area contributed by atoms with Gasteiger partial charge in [0.05, 0.1) is 0 Å². The molecule has 0 spiro atoms. The highest BCUT2D eigenvalue weighted by molar-refractivity contribution is 5.90. The summed E-state index contributed by atoms with van der Waals surface area (Å²) in [5.41, 5.74) is 2.11. The van der Waals surface area contributed by atoms with Crippen molar-refractivity contribution in [3.8, 4) is 0 Å². The monoisotopic (exact) mass is 289 g/mol. The van der Waals surface area contributed by atoms with Crippen LogP contribution in [0.15, 0.2) is 24.3 Å². The van der Waals surface area contributed by atoms with Crippen molar-refractivity contribution in [1.29, 1.82) is 0 Å². The molecule has 2 aliphatic heterocycles. The Labute approximate surface area is 121 Å². The van der Waals surface area contributed by atoms with E-state index in [0.717, 1.165) is 16.0 Å². The van der Waals surface area contributed by atoms with Crippen molar-refractivity contribution in [3.05, 3.63) is 35.4 Å². The Bertz CT molecular complexity index is 591. The quantitative estimate of drug-likeness (QED) is 0.762. The van der Waals surface area contributed by atoms with E-state index in [1.165, 1.54) is 0 Å². The largest absolute Gasteiger partial charge is 0.480 e. The molecule has 1 fully saturated rings. The van der Waals surface area contributed by atoms with Crippen LogP contribution in [-0.2, 0) is 22.7 Å². The van der Waals surface area contributed by atoms with E-state index in [1.807, 2.05) is 24.3 Å². The van der Waals surface area contributed by atoms with E-state index in [4.69, 9.17) is 0 Å². The van der Waals surface area contributed by atoms with Gasteiger partial charge in [-0.05, 0) is 11.1 Å². The van der Waals surface area contributed by atoms with Gasteiger partial charge in [-0.3, -0.25) is 9.69 Å². The number of nitrogens with zero attached hydrogens (tertiary/aromatic N) is 2. The summed E-state index contributed by atoms with van der Waals surface area (Å²) in [5, 5.41) is 11.7. The number of benzene rings is 1. The van der Waals surface area contributed by atoms with Crippen LogP contribution in [0.25, 0.3) is 0 Å². The molecule has 1 saturated heterocycles. The first-order chi connectivity index (χ1) is 10.1. The number of fused-ring (bicyclic) bond motifs is 1. The molecule has 2 heterocycles. The normalized spacial score (nSPS) is 21.0. The molecule has 7 nitrogen and oxygen atoms in total. The predicted molar refractivity (Wildman–Crippen MR) is 72.2 cm³/mol. The zero-order valence-electron chi connectivity index (χ0n) is 11.3. The maximum atomic E-state index is 12.5. The SMILES string of the molecule is O=C1CN(C(=O)N2Cc3ccccc3C2)C(C(=O)O)CN1. The minimum absolute atomic E-state index is 0.0549. The number of urea groups is 1. The number of aliphatic carboxylic acids is 1. The van der Waals surface area contributed by atoms with Gasteiger partial charge in [0.1, 0.15) is 12.6 Å². The smallest absolute Gasteiger partial charge is 0.328 e. The molecule has 1 aromatic carbocycles. The molecule has 0 saturated carbocycles. The Balaban J connectivity index is 1.78. The second kappa shape index (κ2) is 5.08. The first kappa shape index (κ1) is 13.4. The molecule has 1 atom stereocenters. The Kier molecular flexibility index (Phi) is 3.25. The molecule has 2 aliphatic rings. The number of carbonyl (C=O) groups excluding carboxylic acids is 2. The van der Waals surface area contributed by atoms with Gasteiger partial charge in [0.25, 0.3) is 0 Å². The standard InChI is InChI=1S/C14H15N3O4/c18-12-8-17(11(5-15-12)13(19)20)14(21)16-6-9-3-1-2-4-10(9)7-16/h1-4,11H,5-8H2,(H,15,18)(H,19,20). The molecule has 21 heavy (non-hydrogen) atoms.